The summed E-state index contributed by atoms with van der Waals surface area (Å²) in [6.45, 7) is 4.70. The molecule has 0 atom stereocenters. The average molecular weight is 319 g/mol. The molecule has 8 heteroatoms. The molecule has 0 spiro atoms. The molecule has 3 rings (SSSR count). The van der Waals surface area contributed by atoms with Gasteiger partial charge >= 0.3 is 0 Å². The van der Waals surface area contributed by atoms with Crippen molar-refractivity contribution in [2.45, 2.75) is 26.9 Å². The van der Waals surface area contributed by atoms with E-state index >= 15 is 0 Å². The van der Waals surface area contributed by atoms with Crippen LogP contribution in [0, 0.1) is 6.92 Å². The van der Waals surface area contributed by atoms with E-state index in [2.05, 4.69) is 20.4 Å². The zero-order chi connectivity index (χ0) is 15.7. The van der Waals surface area contributed by atoms with Gasteiger partial charge in [-0.15, -0.1) is 0 Å². The van der Waals surface area contributed by atoms with Crippen molar-refractivity contribution in [2.75, 3.05) is 5.32 Å². The molecule has 0 bridgehead atoms. The monoisotopic (exact) mass is 318 g/mol. The molecular formula is C14H15ClN6O. The second-order valence-electron chi connectivity index (χ2n) is 4.88. The second-order valence-corrected chi connectivity index (χ2v) is 5.24. The molecule has 0 fully saturated rings. The van der Waals surface area contributed by atoms with Crippen LogP contribution in [0.15, 0.2) is 24.7 Å². The van der Waals surface area contributed by atoms with Gasteiger partial charge in [-0.05, 0) is 19.9 Å². The zero-order valence-corrected chi connectivity index (χ0v) is 13.0. The summed E-state index contributed by atoms with van der Waals surface area (Å²) in [5.74, 6) is 0.538. The molecular weight excluding hydrogens is 304 g/mol. The van der Waals surface area contributed by atoms with Gasteiger partial charge in [-0.3, -0.25) is 4.79 Å². The molecule has 0 aliphatic carbocycles. The molecule has 3 aromatic rings. The summed E-state index contributed by atoms with van der Waals surface area (Å²) in [5, 5.41) is 8.27. The van der Waals surface area contributed by atoms with E-state index in [1.807, 2.05) is 19.9 Å². The van der Waals surface area contributed by atoms with Gasteiger partial charge in [0.1, 0.15) is 29.5 Å². The summed E-state index contributed by atoms with van der Waals surface area (Å²) in [6, 6.07) is 3.64. The van der Waals surface area contributed by atoms with Gasteiger partial charge in [0.2, 0.25) is 5.91 Å². The van der Waals surface area contributed by atoms with Crippen LogP contribution in [0.2, 0.25) is 5.15 Å². The van der Waals surface area contributed by atoms with Crippen LogP contribution in [0.5, 0.6) is 0 Å². The van der Waals surface area contributed by atoms with Crippen LogP contribution in [0.3, 0.4) is 0 Å². The largest absolute Gasteiger partial charge is 0.323 e. The highest BCUT2D eigenvalue weighted by Crippen LogP contribution is 2.20. The Hall–Kier alpha value is -2.41. The summed E-state index contributed by atoms with van der Waals surface area (Å²) in [6.07, 6.45) is 3.15. The average Bonchev–Trinajstić information content (AvgIpc) is 3.04. The number of nitrogens with one attached hydrogen (secondary N) is 1. The van der Waals surface area contributed by atoms with Crippen molar-refractivity contribution in [1.29, 1.82) is 0 Å². The maximum absolute atomic E-state index is 12.2. The lowest BCUT2D eigenvalue weighted by molar-refractivity contribution is -0.116. The van der Waals surface area contributed by atoms with E-state index in [1.165, 1.54) is 6.33 Å². The van der Waals surface area contributed by atoms with E-state index in [0.717, 1.165) is 11.1 Å². The smallest absolute Gasteiger partial charge is 0.245 e. The van der Waals surface area contributed by atoms with E-state index in [0.29, 0.717) is 23.2 Å². The molecule has 0 unspecified atom stereocenters. The number of hydrogen-bond acceptors (Lipinski definition) is 4. The summed E-state index contributed by atoms with van der Waals surface area (Å²) in [4.78, 5) is 20.3. The first kappa shape index (κ1) is 14.5. The number of aromatic nitrogens is 5. The minimum absolute atomic E-state index is 0.144. The molecule has 22 heavy (non-hydrogen) atoms. The SMILES string of the molecule is CCn1nc(C)cc1NC(=O)Cn1ccc2c(Cl)ncnc21. The van der Waals surface area contributed by atoms with Gasteiger partial charge in [0.15, 0.2) is 0 Å². The lowest BCUT2D eigenvalue weighted by atomic mass is 10.4. The van der Waals surface area contributed by atoms with Gasteiger partial charge in [-0.2, -0.15) is 5.10 Å². The molecule has 0 aliphatic rings. The minimum atomic E-state index is -0.151. The van der Waals surface area contributed by atoms with E-state index < -0.39 is 0 Å². The third-order valence-electron chi connectivity index (χ3n) is 3.29. The number of carbonyl (C=O) groups excluding carboxylic acids is 1. The van der Waals surface area contributed by atoms with Crippen molar-refractivity contribution in [2.24, 2.45) is 0 Å². The summed E-state index contributed by atoms with van der Waals surface area (Å²) < 4.78 is 3.48. The second kappa shape index (κ2) is 5.76. The minimum Gasteiger partial charge on any atom is -0.323 e. The first-order valence-corrected chi connectivity index (χ1v) is 7.26. The number of fused-ring (bicyclic) bond motifs is 1. The lowest BCUT2D eigenvalue weighted by Gasteiger charge is -2.08. The number of halogens is 1. The molecule has 0 radical (unpaired) electrons. The molecule has 0 saturated heterocycles. The lowest BCUT2D eigenvalue weighted by Crippen LogP contribution is -2.20. The molecule has 0 aliphatic heterocycles. The van der Waals surface area contributed by atoms with E-state index in [9.17, 15) is 4.79 Å². The van der Waals surface area contributed by atoms with Crippen molar-refractivity contribution in [3.05, 3.63) is 35.5 Å². The fourth-order valence-electron chi connectivity index (χ4n) is 2.32. The Kier molecular flexibility index (Phi) is 3.81. The number of aryl methyl sites for hydroxylation is 2. The number of hydrogen-bond donors (Lipinski definition) is 1. The molecule has 0 aromatic carbocycles. The van der Waals surface area contributed by atoms with Crippen LogP contribution >= 0.6 is 11.6 Å². The number of nitrogens with zero attached hydrogens (tertiary/aromatic N) is 5. The molecule has 7 nitrogen and oxygen atoms in total. The standard InChI is InChI=1S/C14H15ClN6O/c1-3-21-11(6-9(2)19-21)18-12(22)7-20-5-4-10-13(15)16-8-17-14(10)20/h4-6,8H,3,7H2,1-2H3,(H,18,22). The predicted molar refractivity (Wildman–Crippen MR) is 83.8 cm³/mol. The Morgan fingerprint density at radius 1 is 1.41 bits per heavy atom. The predicted octanol–water partition coefficient (Wildman–Crippen LogP) is 2.25. The Bertz CT molecular complexity index is 837. The van der Waals surface area contributed by atoms with Crippen LogP contribution < -0.4 is 5.32 Å². The van der Waals surface area contributed by atoms with Crippen molar-refractivity contribution >= 4 is 34.4 Å². The van der Waals surface area contributed by atoms with Crippen molar-refractivity contribution in [1.82, 2.24) is 24.3 Å². The maximum atomic E-state index is 12.2. The Morgan fingerprint density at radius 2 is 2.23 bits per heavy atom. The summed E-state index contributed by atoms with van der Waals surface area (Å²) in [5.41, 5.74) is 1.50. The van der Waals surface area contributed by atoms with Gasteiger partial charge in [-0.25, -0.2) is 14.6 Å². The first-order chi connectivity index (χ1) is 10.6. The topological polar surface area (TPSA) is 77.6 Å². The van der Waals surface area contributed by atoms with Gasteiger partial charge in [-0.1, -0.05) is 11.6 Å². The molecule has 1 amide bonds. The Balaban J connectivity index is 1.80. The van der Waals surface area contributed by atoms with Gasteiger partial charge < -0.3 is 9.88 Å². The highest BCUT2D eigenvalue weighted by atomic mass is 35.5. The van der Waals surface area contributed by atoms with E-state index in [-0.39, 0.29) is 12.5 Å². The fourth-order valence-corrected chi connectivity index (χ4v) is 2.52. The van der Waals surface area contributed by atoms with E-state index in [4.69, 9.17) is 11.6 Å². The number of carbonyl (C=O) groups is 1. The highest BCUT2D eigenvalue weighted by Gasteiger charge is 2.12. The third kappa shape index (κ3) is 2.67. The molecule has 1 N–H and O–H groups in total. The third-order valence-corrected chi connectivity index (χ3v) is 3.59. The highest BCUT2D eigenvalue weighted by molar-refractivity contribution is 6.33. The van der Waals surface area contributed by atoms with Crippen molar-refractivity contribution in [3.8, 4) is 0 Å². The van der Waals surface area contributed by atoms with Crippen LogP contribution in [0.25, 0.3) is 11.0 Å². The van der Waals surface area contributed by atoms with Gasteiger partial charge in [0.05, 0.1) is 11.1 Å². The number of rotatable bonds is 4. The Labute approximate surface area is 131 Å². The zero-order valence-electron chi connectivity index (χ0n) is 12.2. The van der Waals surface area contributed by atoms with Crippen molar-refractivity contribution < 1.29 is 4.79 Å². The molecule has 114 valence electrons. The van der Waals surface area contributed by atoms with Crippen LogP contribution in [0.1, 0.15) is 12.6 Å². The fraction of sp³-hybridized carbons (Fsp3) is 0.286. The summed E-state index contributed by atoms with van der Waals surface area (Å²) >= 11 is 6.00. The molecule has 0 saturated carbocycles. The normalized spacial score (nSPS) is 11.0. The number of anilines is 1. The Morgan fingerprint density at radius 3 is 3.00 bits per heavy atom. The summed E-state index contributed by atoms with van der Waals surface area (Å²) in [7, 11) is 0. The van der Waals surface area contributed by atoms with Gasteiger partial charge in [0, 0.05) is 18.8 Å². The van der Waals surface area contributed by atoms with Crippen molar-refractivity contribution in [3.63, 3.8) is 0 Å². The van der Waals surface area contributed by atoms with Gasteiger partial charge in [0.25, 0.3) is 0 Å². The first-order valence-electron chi connectivity index (χ1n) is 6.88. The maximum Gasteiger partial charge on any atom is 0.245 e. The van der Waals surface area contributed by atoms with E-state index in [1.54, 1.807) is 21.5 Å². The quantitative estimate of drug-likeness (QED) is 0.748. The van der Waals surface area contributed by atoms with Crippen LogP contribution in [0.4, 0.5) is 5.82 Å². The molecule has 3 heterocycles. The molecule has 3 aromatic heterocycles. The van der Waals surface area contributed by atoms with Crippen LogP contribution in [-0.2, 0) is 17.9 Å². The van der Waals surface area contributed by atoms with Crippen LogP contribution in [-0.4, -0.2) is 30.2 Å². The number of amides is 1.